The van der Waals surface area contributed by atoms with Crippen LogP contribution >= 0.6 is 12.2 Å². The van der Waals surface area contributed by atoms with Crippen LogP contribution in [0.15, 0.2) is 61.2 Å². The van der Waals surface area contributed by atoms with Crippen LogP contribution in [0, 0.1) is 0 Å². The molecule has 3 rings (SSSR count). The molecule has 25 heavy (non-hydrogen) atoms. The minimum absolute atomic E-state index is 0.121. The molecule has 0 radical (unpaired) electrons. The van der Waals surface area contributed by atoms with Crippen LogP contribution in [0.2, 0.25) is 0 Å². The lowest BCUT2D eigenvalue weighted by Gasteiger charge is -2.11. The molecule has 0 aliphatic heterocycles. The SMILES string of the molecule is C=CCNC(=S)NNC(=O)CCn1c2ccccc2c2ccccc21. The number of nitrogens with one attached hydrogen (secondary N) is 3. The Bertz CT molecular complexity index is 878. The number of amides is 1. The van der Waals surface area contributed by atoms with Crippen LogP contribution in [0.1, 0.15) is 6.42 Å². The number of fused-ring (bicyclic) bond motifs is 3. The fourth-order valence-corrected chi connectivity index (χ4v) is 2.99. The normalized spacial score (nSPS) is 10.6. The van der Waals surface area contributed by atoms with E-state index in [9.17, 15) is 4.79 Å². The van der Waals surface area contributed by atoms with Crippen LogP contribution in [0.5, 0.6) is 0 Å². The van der Waals surface area contributed by atoms with Crippen molar-refractivity contribution in [2.75, 3.05) is 6.54 Å². The van der Waals surface area contributed by atoms with Gasteiger partial charge in [-0.05, 0) is 24.4 Å². The molecule has 0 atom stereocenters. The Kier molecular flexibility index (Phi) is 5.30. The number of para-hydroxylation sites is 2. The molecule has 0 unspecified atom stereocenters. The zero-order chi connectivity index (χ0) is 17.6. The van der Waals surface area contributed by atoms with Crippen molar-refractivity contribution in [2.45, 2.75) is 13.0 Å². The fraction of sp³-hybridized carbons (Fsp3) is 0.158. The van der Waals surface area contributed by atoms with Crippen molar-refractivity contribution in [3.63, 3.8) is 0 Å². The van der Waals surface area contributed by atoms with Crippen LogP contribution in [0.4, 0.5) is 0 Å². The second kappa shape index (κ2) is 7.81. The van der Waals surface area contributed by atoms with E-state index in [1.807, 2.05) is 24.3 Å². The van der Waals surface area contributed by atoms with E-state index in [1.54, 1.807) is 6.08 Å². The number of benzene rings is 2. The van der Waals surface area contributed by atoms with E-state index in [1.165, 1.54) is 10.8 Å². The second-order valence-corrected chi connectivity index (χ2v) is 6.02. The highest BCUT2D eigenvalue weighted by atomic mass is 32.1. The highest BCUT2D eigenvalue weighted by Gasteiger charge is 2.11. The standard InChI is InChI=1S/C19H20N4OS/c1-2-12-20-19(25)22-21-18(24)11-13-23-16-9-5-3-7-14(16)15-8-4-6-10-17(15)23/h2-10H,1,11-13H2,(H,21,24)(H2,20,22,25). The van der Waals surface area contributed by atoms with Crippen molar-refractivity contribution in [3.05, 3.63) is 61.2 Å². The average Bonchev–Trinajstić information content (AvgIpc) is 2.97. The Morgan fingerprint density at radius 1 is 1.04 bits per heavy atom. The maximum atomic E-state index is 12.1. The van der Waals surface area contributed by atoms with Crippen LogP contribution in [-0.4, -0.2) is 22.1 Å². The van der Waals surface area contributed by atoms with Gasteiger partial charge in [0.2, 0.25) is 5.91 Å². The van der Waals surface area contributed by atoms with Crippen LogP contribution in [0.3, 0.4) is 0 Å². The van der Waals surface area contributed by atoms with Gasteiger partial charge in [-0.1, -0.05) is 42.5 Å². The highest BCUT2D eigenvalue weighted by Crippen LogP contribution is 2.28. The summed E-state index contributed by atoms with van der Waals surface area (Å²) in [4.78, 5) is 12.1. The lowest BCUT2D eigenvalue weighted by molar-refractivity contribution is -0.121. The van der Waals surface area contributed by atoms with Crippen LogP contribution in [0.25, 0.3) is 21.8 Å². The van der Waals surface area contributed by atoms with Crippen molar-refractivity contribution >= 4 is 45.0 Å². The third-order valence-electron chi connectivity index (χ3n) is 3.96. The summed E-state index contributed by atoms with van der Waals surface area (Å²) in [6.07, 6.45) is 2.04. The number of hydrogen-bond donors (Lipinski definition) is 3. The van der Waals surface area contributed by atoms with E-state index in [0.717, 1.165) is 11.0 Å². The summed E-state index contributed by atoms with van der Waals surface area (Å²) in [5.41, 5.74) is 7.56. The number of hydrogen-bond acceptors (Lipinski definition) is 2. The molecule has 0 fully saturated rings. The first-order valence-electron chi connectivity index (χ1n) is 8.10. The van der Waals surface area contributed by atoms with Gasteiger partial charge >= 0.3 is 0 Å². The lowest BCUT2D eigenvalue weighted by atomic mass is 10.2. The number of aromatic nitrogens is 1. The first-order valence-corrected chi connectivity index (χ1v) is 8.51. The predicted molar refractivity (Wildman–Crippen MR) is 106 cm³/mol. The molecular weight excluding hydrogens is 332 g/mol. The third-order valence-corrected chi connectivity index (χ3v) is 4.21. The molecule has 0 bridgehead atoms. The van der Waals surface area contributed by atoms with Gasteiger partial charge in [-0.3, -0.25) is 15.6 Å². The summed E-state index contributed by atoms with van der Waals surface area (Å²) in [5, 5.41) is 5.65. The van der Waals surface area contributed by atoms with Crippen LogP contribution in [-0.2, 0) is 11.3 Å². The largest absolute Gasteiger partial charge is 0.358 e. The van der Waals surface area contributed by atoms with E-state index in [-0.39, 0.29) is 5.91 Å². The predicted octanol–water partition coefficient (Wildman–Crippen LogP) is 2.87. The quantitative estimate of drug-likeness (QED) is 0.375. The van der Waals surface area contributed by atoms with Gasteiger partial charge in [-0.15, -0.1) is 6.58 Å². The number of aryl methyl sites for hydroxylation is 1. The number of thiocarbonyl (C=S) groups is 1. The summed E-state index contributed by atoms with van der Waals surface area (Å²) in [5.74, 6) is -0.121. The van der Waals surface area contributed by atoms with E-state index in [0.29, 0.717) is 24.6 Å². The number of carbonyl (C=O) groups is 1. The highest BCUT2D eigenvalue weighted by molar-refractivity contribution is 7.80. The Hall–Kier alpha value is -2.86. The molecule has 3 aromatic rings. The maximum Gasteiger partial charge on any atom is 0.240 e. The van der Waals surface area contributed by atoms with Crippen molar-refractivity contribution in [1.82, 2.24) is 20.7 Å². The van der Waals surface area contributed by atoms with E-state index in [4.69, 9.17) is 12.2 Å². The van der Waals surface area contributed by atoms with Gasteiger partial charge in [0, 0.05) is 41.3 Å². The van der Waals surface area contributed by atoms with E-state index in [2.05, 4.69) is 51.6 Å². The Balaban J connectivity index is 1.69. The molecule has 1 heterocycles. The molecule has 0 aliphatic carbocycles. The first kappa shape index (κ1) is 17.0. The van der Waals surface area contributed by atoms with Gasteiger partial charge < -0.3 is 9.88 Å². The molecule has 0 aliphatic rings. The molecule has 0 saturated carbocycles. The summed E-state index contributed by atoms with van der Waals surface area (Å²) < 4.78 is 2.18. The average molecular weight is 352 g/mol. The van der Waals surface area contributed by atoms with Crippen molar-refractivity contribution in [1.29, 1.82) is 0 Å². The van der Waals surface area contributed by atoms with Gasteiger partial charge in [0.15, 0.2) is 5.11 Å². The van der Waals surface area contributed by atoms with Crippen molar-refractivity contribution in [2.24, 2.45) is 0 Å². The molecular formula is C19H20N4OS. The van der Waals surface area contributed by atoms with Gasteiger partial charge in [-0.2, -0.15) is 0 Å². The zero-order valence-corrected chi connectivity index (χ0v) is 14.6. The topological polar surface area (TPSA) is 58.1 Å². The Morgan fingerprint density at radius 2 is 1.64 bits per heavy atom. The van der Waals surface area contributed by atoms with Gasteiger partial charge in [0.05, 0.1) is 0 Å². The summed E-state index contributed by atoms with van der Waals surface area (Å²) >= 11 is 5.04. The first-order chi connectivity index (χ1) is 12.2. The number of carbonyl (C=O) groups excluding carboxylic acids is 1. The minimum Gasteiger partial charge on any atom is -0.358 e. The smallest absolute Gasteiger partial charge is 0.240 e. The monoisotopic (exact) mass is 352 g/mol. The molecule has 0 saturated heterocycles. The van der Waals surface area contributed by atoms with E-state index < -0.39 is 0 Å². The Labute approximate surface area is 151 Å². The molecule has 1 amide bonds. The zero-order valence-electron chi connectivity index (χ0n) is 13.8. The molecule has 6 heteroatoms. The number of rotatable bonds is 5. The maximum absolute atomic E-state index is 12.1. The van der Waals surface area contributed by atoms with Crippen LogP contribution < -0.4 is 16.2 Å². The molecule has 128 valence electrons. The number of nitrogens with zero attached hydrogens (tertiary/aromatic N) is 1. The third kappa shape index (κ3) is 3.80. The summed E-state index contributed by atoms with van der Waals surface area (Å²) in [7, 11) is 0. The minimum atomic E-state index is -0.121. The lowest BCUT2D eigenvalue weighted by Crippen LogP contribution is -2.46. The van der Waals surface area contributed by atoms with E-state index >= 15 is 0 Å². The molecule has 5 nitrogen and oxygen atoms in total. The van der Waals surface area contributed by atoms with Crippen molar-refractivity contribution in [3.8, 4) is 0 Å². The second-order valence-electron chi connectivity index (χ2n) is 5.61. The Morgan fingerprint density at radius 3 is 2.24 bits per heavy atom. The van der Waals surface area contributed by atoms with Gasteiger partial charge in [-0.25, -0.2) is 0 Å². The molecule has 1 aromatic heterocycles. The molecule has 3 N–H and O–H groups in total. The summed E-state index contributed by atoms with van der Waals surface area (Å²) in [6.45, 7) is 4.73. The van der Waals surface area contributed by atoms with Gasteiger partial charge in [0.1, 0.15) is 0 Å². The fourth-order valence-electron chi connectivity index (χ4n) is 2.86. The molecule has 0 spiro atoms. The molecule has 2 aromatic carbocycles. The van der Waals surface area contributed by atoms with Crippen molar-refractivity contribution < 1.29 is 4.79 Å². The summed E-state index contributed by atoms with van der Waals surface area (Å²) in [6, 6.07) is 16.5. The van der Waals surface area contributed by atoms with Gasteiger partial charge in [0.25, 0.3) is 0 Å². The number of hydrazine groups is 1.